The molecule has 1 aliphatic carbocycles. The molecule has 5 aliphatic heterocycles. The maximum atomic E-state index is 15.5. The van der Waals surface area contributed by atoms with Crippen molar-refractivity contribution in [3.8, 4) is 5.75 Å². The van der Waals surface area contributed by atoms with E-state index in [0.29, 0.717) is 63.1 Å². The maximum Gasteiger partial charge on any atom is 0.344 e. The first-order valence-electron chi connectivity index (χ1n) is 22.2. The number of aromatic amines is 1. The van der Waals surface area contributed by atoms with Gasteiger partial charge < -0.3 is 44.2 Å². The molecule has 14 nitrogen and oxygen atoms in total. The van der Waals surface area contributed by atoms with E-state index in [1.54, 1.807) is 14.0 Å². The molecular weight excluding hydrogens is 791 g/mol. The summed E-state index contributed by atoms with van der Waals surface area (Å²) in [6.45, 7) is 10.4. The van der Waals surface area contributed by atoms with Crippen LogP contribution in [0.5, 0.6) is 5.75 Å². The van der Waals surface area contributed by atoms with Gasteiger partial charge in [-0.3, -0.25) is 19.3 Å². The highest BCUT2D eigenvalue weighted by molar-refractivity contribution is 5.95. The summed E-state index contributed by atoms with van der Waals surface area (Å²) in [5.74, 6) is -1.63. The molecule has 3 fully saturated rings. The van der Waals surface area contributed by atoms with Crippen molar-refractivity contribution in [1.29, 1.82) is 0 Å². The van der Waals surface area contributed by atoms with Crippen molar-refractivity contribution < 1.29 is 43.2 Å². The van der Waals surface area contributed by atoms with Gasteiger partial charge in [0.2, 0.25) is 11.5 Å². The molecule has 332 valence electrons. The molecule has 1 aromatic heterocycles. The van der Waals surface area contributed by atoms with Gasteiger partial charge in [-0.2, -0.15) is 0 Å². The molecule has 14 heteroatoms. The number of esters is 3. The van der Waals surface area contributed by atoms with E-state index >= 15 is 4.79 Å². The molecule has 2 saturated heterocycles. The summed E-state index contributed by atoms with van der Waals surface area (Å²) in [4.78, 5) is 66.4. The smallest absolute Gasteiger partial charge is 0.344 e. The molecule has 1 saturated carbocycles. The van der Waals surface area contributed by atoms with Crippen LogP contribution in [0.4, 0.5) is 5.69 Å². The van der Waals surface area contributed by atoms with Gasteiger partial charge >= 0.3 is 17.9 Å². The van der Waals surface area contributed by atoms with Crippen LogP contribution in [-0.4, -0.2) is 134 Å². The van der Waals surface area contributed by atoms with Crippen molar-refractivity contribution >= 4 is 40.4 Å². The van der Waals surface area contributed by atoms with E-state index in [-0.39, 0.29) is 17.9 Å². The summed E-state index contributed by atoms with van der Waals surface area (Å²) >= 11 is 0. The number of fused-ring (bicyclic) bond motifs is 6. The van der Waals surface area contributed by atoms with Crippen LogP contribution in [0.3, 0.4) is 0 Å². The molecule has 1 amide bonds. The molecule has 3 N–H and O–H groups in total. The van der Waals surface area contributed by atoms with E-state index < -0.39 is 57.4 Å². The van der Waals surface area contributed by atoms with Gasteiger partial charge in [0.1, 0.15) is 11.2 Å². The number of H-pyrrole nitrogens is 1. The highest BCUT2D eigenvalue weighted by atomic mass is 16.6. The summed E-state index contributed by atoms with van der Waals surface area (Å²) in [5.41, 5.74) is -1.26. The van der Waals surface area contributed by atoms with Gasteiger partial charge in [-0.05, 0) is 74.2 Å². The number of amides is 1. The molecule has 2 bridgehead atoms. The number of nitrogens with one attached hydrogen (secondary N) is 2. The van der Waals surface area contributed by atoms with Gasteiger partial charge in [0.05, 0.1) is 32.9 Å². The van der Waals surface area contributed by atoms with E-state index in [0.717, 1.165) is 52.9 Å². The highest BCUT2D eigenvalue weighted by Gasteiger charge is 2.80. The quantitative estimate of drug-likeness (QED) is 0.169. The Morgan fingerprint density at radius 2 is 1.71 bits per heavy atom. The number of rotatable bonds is 8. The number of aromatic nitrogens is 1. The fourth-order valence-electron chi connectivity index (χ4n) is 14.1. The van der Waals surface area contributed by atoms with Crippen molar-refractivity contribution in [1.82, 2.24) is 20.1 Å². The van der Waals surface area contributed by atoms with E-state index in [1.807, 2.05) is 43.1 Å². The minimum absolute atomic E-state index is 0.0691. The molecule has 6 heterocycles. The molecular formula is C48H61N5O9. The van der Waals surface area contributed by atoms with Crippen LogP contribution in [0, 0.1) is 11.3 Å². The lowest BCUT2D eigenvalue weighted by Gasteiger charge is -2.63. The zero-order chi connectivity index (χ0) is 44.1. The lowest BCUT2D eigenvalue weighted by molar-refractivity contribution is -0.228. The second-order valence-corrected chi connectivity index (χ2v) is 18.9. The van der Waals surface area contributed by atoms with E-state index in [9.17, 15) is 19.5 Å². The zero-order valence-electron chi connectivity index (χ0n) is 37.3. The van der Waals surface area contributed by atoms with E-state index in [4.69, 9.17) is 18.9 Å². The zero-order valence-corrected chi connectivity index (χ0v) is 37.3. The topological polar surface area (TPSA) is 163 Å². The van der Waals surface area contributed by atoms with Gasteiger partial charge in [-0.1, -0.05) is 44.2 Å². The van der Waals surface area contributed by atoms with Crippen LogP contribution in [0.15, 0.2) is 48.6 Å². The second-order valence-electron chi connectivity index (χ2n) is 18.9. The van der Waals surface area contributed by atoms with Crippen LogP contribution in [0.25, 0.3) is 10.9 Å². The first kappa shape index (κ1) is 42.4. The number of ether oxygens (including phenoxy) is 4. The van der Waals surface area contributed by atoms with Crippen LogP contribution in [0.1, 0.15) is 82.2 Å². The Morgan fingerprint density at radius 1 is 0.952 bits per heavy atom. The van der Waals surface area contributed by atoms with Crippen molar-refractivity contribution in [2.45, 2.75) is 106 Å². The largest absolute Gasteiger partial charge is 0.496 e. The summed E-state index contributed by atoms with van der Waals surface area (Å²) in [6, 6.07) is 11.0. The first-order chi connectivity index (χ1) is 29.6. The van der Waals surface area contributed by atoms with Crippen LogP contribution in [-0.2, 0) is 50.6 Å². The molecule has 3 aromatic rings. The SMILES string of the molecule is CC[C@]1(NC(C)=O)C[C@@H]2CN(CCc3c([nH]c4ccccc34)[C@@](C(=O)OC)(c3cc4c(cc3OC)N(C)[C@H]3[C@@](O)(C(=O)OC)[C@H](OC(C)=O)[C@]5(CC)C=CCN6CC[C@]43[C@@H]65)C2)C1. The van der Waals surface area contributed by atoms with Gasteiger partial charge in [-0.25, -0.2) is 4.79 Å². The van der Waals surface area contributed by atoms with Crippen LogP contribution < -0.4 is 15.0 Å². The standard InChI is InChI=1S/C48H61N5O9/c1-9-44(50-28(3)54)24-30-25-47(42(56)60-7,38-32(16-20-52(26-30)27-44)31-14-11-12-15-35(31)49-38)34-22-33-36(23-37(34)59-6)51(5)40-46(33)18-21-53-19-13-17-45(10-2,39(46)53)41(62-29(4)55)48(40,58)43(57)61-8/h11-15,17,22-23,30,39-41,49,58H,9-10,16,18-21,24-27H2,1-8H3,(H,50,54)/t30-,39-,40+,41+,44-,45+,46+,47-,48-/m0/s1. The third-order valence-electron chi connectivity index (χ3n) is 16.1. The third-order valence-corrected chi connectivity index (χ3v) is 16.1. The number of aliphatic hydroxyl groups is 1. The normalized spacial score (nSPS) is 35.6. The molecule has 0 radical (unpaired) electrons. The number of carbonyl (C=O) groups excluding carboxylic acids is 4. The molecule has 6 aliphatic rings. The third kappa shape index (κ3) is 5.57. The second kappa shape index (κ2) is 14.8. The summed E-state index contributed by atoms with van der Waals surface area (Å²) in [7, 11) is 6.16. The lowest BCUT2D eigenvalue weighted by Crippen LogP contribution is -2.81. The number of likely N-dealkylation sites (N-methyl/N-ethyl adjacent to an activating group) is 1. The molecule has 10 atom stereocenters. The number of para-hydroxylation sites is 1. The van der Waals surface area contributed by atoms with Crippen molar-refractivity contribution in [2.75, 3.05) is 66.0 Å². The Bertz CT molecular complexity index is 2380. The predicted molar refractivity (Wildman–Crippen MR) is 232 cm³/mol. The number of methoxy groups -OCH3 is 3. The summed E-state index contributed by atoms with van der Waals surface area (Å²) in [6.07, 6.45) is 6.21. The maximum absolute atomic E-state index is 15.5. The number of benzene rings is 2. The van der Waals surface area contributed by atoms with Gasteiger partial charge in [0.25, 0.3) is 0 Å². The fourth-order valence-corrected chi connectivity index (χ4v) is 14.1. The highest BCUT2D eigenvalue weighted by Crippen LogP contribution is 2.68. The minimum Gasteiger partial charge on any atom is -0.496 e. The lowest BCUT2D eigenvalue weighted by atomic mass is 9.47. The number of hydrogen-bond acceptors (Lipinski definition) is 12. The Morgan fingerprint density at radius 3 is 2.39 bits per heavy atom. The Kier molecular flexibility index (Phi) is 10.1. The van der Waals surface area contributed by atoms with Crippen molar-refractivity contribution in [2.24, 2.45) is 11.3 Å². The first-order valence-corrected chi connectivity index (χ1v) is 22.2. The number of carbonyl (C=O) groups is 4. The van der Waals surface area contributed by atoms with Crippen molar-refractivity contribution in [3.63, 3.8) is 0 Å². The van der Waals surface area contributed by atoms with Crippen LogP contribution in [0.2, 0.25) is 0 Å². The number of hydrogen-bond donors (Lipinski definition) is 3. The fraction of sp³-hybridized carbons (Fsp3) is 0.583. The monoisotopic (exact) mass is 851 g/mol. The van der Waals surface area contributed by atoms with Gasteiger partial charge in [-0.15, -0.1) is 0 Å². The number of anilines is 1. The number of nitrogens with zero attached hydrogens (tertiary/aromatic N) is 3. The van der Waals surface area contributed by atoms with Crippen molar-refractivity contribution in [3.05, 3.63) is 70.9 Å². The minimum atomic E-state index is -2.31. The van der Waals surface area contributed by atoms with Gasteiger partial charge in [0, 0.05) is 97.9 Å². The Balaban J connectivity index is 1.35. The van der Waals surface area contributed by atoms with E-state index in [2.05, 4.69) is 51.3 Å². The molecule has 9 rings (SSSR count). The van der Waals surface area contributed by atoms with Gasteiger partial charge in [0.15, 0.2) is 6.10 Å². The summed E-state index contributed by atoms with van der Waals surface area (Å²) in [5, 5.41) is 17.8. The molecule has 2 aromatic carbocycles. The number of piperidine rings is 1. The molecule has 1 unspecified atom stereocenters. The molecule has 1 spiro atoms. The van der Waals surface area contributed by atoms with Crippen LogP contribution >= 0.6 is 0 Å². The summed E-state index contributed by atoms with van der Waals surface area (Å²) < 4.78 is 24.1. The molecule has 62 heavy (non-hydrogen) atoms. The predicted octanol–water partition coefficient (Wildman–Crippen LogP) is 4.13. The Labute approximate surface area is 363 Å². The average molecular weight is 852 g/mol. The Hall–Kier alpha value is -4.92. The average Bonchev–Trinajstić information content (AvgIpc) is 3.92. The van der Waals surface area contributed by atoms with E-state index in [1.165, 1.54) is 21.1 Å².